The largest absolute Gasteiger partial charge is 0.334 e. The summed E-state index contributed by atoms with van der Waals surface area (Å²) in [5.41, 5.74) is 28.5. The van der Waals surface area contributed by atoms with E-state index in [1.165, 1.54) is 131 Å². The first-order valence-electron chi connectivity index (χ1n) is 28.2. The Morgan fingerprint density at radius 1 is 0.486 bits per heavy atom. The number of benzene rings is 7. The molecule has 6 aliphatic rings. The lowest BCUT2D eigenvalue weighted by Gasteiger charge is -2.54. The van der Waals surface area contributed by atoms with Crippen LogP contribution in [0.3, 0.4) is 0 Å². The van der Waals surface area contributed by atoms with E-state index in [9.17, 15) is 0 Å². The van der Waals surface area contributed by atoms with E-state index in [1.807, 2.05) is 0 Å². The maximum Gasteiger partial charge on any atom is 0.0771 e. The van der Waals surface area contributed by atoms with Crippen molar-refractivity contribution in [3.63, 3.8) is 0 Å². The molecule has 0 spiro atoms. The first-order chi connectivity index (χ1) is 34.9. The van der Waals surface area contributed by atoms with Crippen LogP contribution in [0.15, 0.2) is 127 Å². The van der Waals surface area contributed by atoms with Crippen molar-refractivity contribution in [2.75, 3.05) is 14.7 Å². The summed E-state index contributed by atoms with van der Waals surface area (Å²) >= 11 is 0. The van der Waals surface area contributed by atoms with E-state index in [0.717, 1.165) is 19.3 Å². The van der Waals surface area contributed by atoms with Crippen LogP contribution in [-0.4, -0.2) is 5.54 Å². The summed E-state index contributed by atoms with van der Waals surface area (Å²) in [5, 5.41) is 0. The Morgan fingerprint density at radius 2 is 1.09 bits per heavy atom. The molecular formula is C71H79N3. The van der Waals surface area contributed by atoms with Gasteiger partial charge in [-0.25, -0.2) is 0 Å². The first-order valence-corrected chi connectivity index (χ1v) is 28.2. The third kappa shape index (κ3) is 6.13. The number of rotatable bonds is 3. The lowest BCUT2D eigenvalue weighted by atomic mass is 9.59. The van der Waals surface area contributed by atoms with Crippen molar-refractivity contribution in [3.8, 4) is 11.1 Å². The van der Waals surface area contributed by atoms with E-state index in [0.29, 0.717) is 0 Å². The third-order valence-corrected chi connectivity index (χ3v) is 20.5. The number of fused-ring (bicyclic) bond motifs is 12. The molecule has 4 heterocycles. The highest BCUT2D eigenvalue weighted by Gasteiger charge is 2.64. The summed E-state index contributed by atoms with van der Waals surface area (Å²) in [7, 11) is 0. The molecule has 7 aromatic carbocycles. The molecule has 0 bridgehead atoms. The zero-order valence-corrected chi connectivity index (χ0v) is 47.3. The monoisotopic (exact) mass is 974 g/mol. The van der Waals surface area contributed by atoms with Gasteiger partial charge in [0.25, 0.3) is 0 Å². The van der Waals surface area contributed by atoms with Gasteiger partial charge in [-0.2, -0.15) is 0 Å². The van der Waals surface area contributed by atoms with Gasteiger partial charge < -0.3 is 14.7 Å². The van der Waals surface area contributed by atoms with Crippen LogP contribution in [0.25, 0.3) is 11.1 Å². The SMILES string of the molecule is Cc1cc(C)c2c3c1C1c4cc(C(C)(C)C)ccc4N(c4ccc(C(C)(C)C)cc4-c4ccccc4)c4cc(N5c6ccc(C(C)(C)C)cc6C6(C)CCc7ccccc7C56C)cc(c41)N3C1(C)CCCCC21C. The van der Waals surface area contributed by atoms with Gasteiger partial charge in [-0.1, -0.05) is 180 Å². The minimum atomic E-state index is -0.372. The number of hydrogen-bond acceptors (Lipinski definition) is 3. The molecular weight excluding hydrogens is 895 g/mol. The summed E-state index contributed by atoms with van der Waals surface area (Å²) in [4.78, 5) is 8.56. The third-order valence-electron chi connectivity index (χ3n) is 20.5. The standard InChI is InChI=1S/C71H79N3/c1-43-37-44(2)63-64-60(43)61-52-39-48(66(6,7)8)28-31-56(52)72(55-30-27-47(65(3,4)5)38-51(55)45-23-17-16-18-24-45)58-41-50(42-59(62(58)61)74(64)70(14)35-22-21-34-69(63,70)13)73-57-32-29-49(67(9,10)11)40-54(57)68(12)36-33-46-25-19-20-26-53(46)71(68,73)15/h16-20,23-32,37-42,61H,21-22,33-36H2,1-15H3. The molecule has 1 fully saturated rings. The topological polar surface area (TPSA) is 9.72 Å². The lowest BCUT2D eigenvalue weighted by molar-refractivity contribution is 0.194. The van der Waals surface area contributed by atoms with E-state index in [1.54, 1.807) is 5.56 Å². The van der Waals surface area contributed by atoms with Crippen molar-refractivity contribution in [1.82, 2.24) is 0 Å². The molecule has 3 heteroatoms. The summed E-state index contributed by atoms with van der Waals surface area (Å²) in [5.74, 6) is 0.0473. The maximum atomic E-state index is 2.98. The van der Waals surface area contributed by atoms with Crippen molar-refractivity contribution in [2.24, 2.45) is 0 Å². The van der Waals surface area contributed by atoms with E-state index in [-0.39, 0.29) is 44.1 Å². The van der Waals surface area contributed by atoms with Crippen molar-refractivity contribution in [3.05, 3.63) is 194 Å². The van der Waals surface area contributed by atoms with E-state index in [4.69, 9.17) is 0 Å². The zero-order valence-electron chi connectivity index (χ0n) is 47.3. The predicted molar refractivity (Wildman–Crippen MR) is 314 cm³/mol. The highest BCUT2D eigenvalue weighted by atomic mass is 15.3. The second-order valence-electron chi connectivity index (χ2n) is 27.7. The highest BCUT2D eigenvalue weighted by molar-refractivity contribution is 6.02. The van der Waals surface area contributed by atoms with Gasteiger partial charge in [0.2, 0.25) is 0 Å². The molecule has 5 atom stereocenters. The van der Waals surface area contributed by atoms with E-state index >= 15 is 0 Å². The summed E-state index contributed by atoms with van der Waals surface area (Å²) in [6, 6.07) is 51.2. The van der Waals surface area contributed by atoms with Gasteiger partial charge in [0.05, 0.1) is 39.5 Å². The number of nitrogens with zero attached hydrogens (tertiary/aromatic N) is 3. The lowest BCUT2D eigenvalue weighted by Crippen LogP contribution is -2.55. The molecule has 1 saturated carbocycles. The Balaban J connectivity index is 1.20. The smallest absolute Gasteiger partial charge is 0.0771 e. The molecule has 5 unspecified atom stereocenters. The summed E-state index contributed by atoms with van der Waals surface area (Å²) in [6.45, 7) is 36.7. The molecule has 378 valence electrons. The Kier molecular flexibility index (Phi) is 9.85. The Hall–Kier alpha value is -6.06. The molecule has 7 aromatic rings. The van der Waals surface area contributed by atoms with Gasteiger partial charge in [0.15, 0.2) is 0 Å². The van der Waals surface area contributed by atoms with Gasteiger partial charge in [-0.05, 0) is 173 Å². The number of hydrogen-bond donors (Lipinski definition) is 0. The molecule has 0 N–H and O–H groups in total. The fourth-order valence-corrected chi connectivity index (χ4v) is 16.1. The van der Waals surface area contributed by atoms with Crippen LogP contribution >= 0.6 is 0 Å². The highest BCUT2D eigenvalue weighted by Crippen LogP contribution is 2.72. The Morgan fingerprint density at radius 3 is 1.80 bits per heavy atom. The molecule has 3 nitrogen and oxygen atoms in total. The van der Waals surface area contributed by atoms with Gasteiger partial charge in [0.1, 0.15) is 0 Å². The van der Waals surface area contributed by atoms with Gasteiger partial charge in [0, 0.05) is 39.2 Å². The maximum absolute atomic E-state index is 2.98. The zero-order chi connectivity index (χ0) is 52.0. The van der Waals surface area contributed by atoms with Gasteiger partial charge in [-0.15, -0.1) is 0 Å². The average molecular weight is 974 g/mol. The van der Waals surface area contributed by atoms with Gasteiger partial charge >= 0.3 is 0 Å². The first kappa shape index (κ1) is 47.6. The van der Waals surface area contributed by atoms with E-state index in [2.05, 4.69) is 246 Å². The predicted octanol–water partition coefficient (Wildman–Crippen LogP) is 19.2. The van der Waals surface area contributed by atoms with Gasteiger partial charge in [-0.3, -0.25) is 0 Å². The van der Waals surface area contributed by atoms with Crippen LogP contribution in [-0.2, 0) is 39.0 Å². The molecule has 0 saturated heterocycles. The fraction of sp³-hybridized carbons (Fsp3) is 0.408. The van der Waals surface area contributed by atoms with Crippen molar-refractivity contribution >= 4 is 39.8 Å². The summed E-state index contributed by atoms with van der Waals surface area (Å²) in [6.07, 6.45) is 7.02. The molecule has 74 heavy (non-hydrogen) atoms. The number of anilines is 7. The van der Waals surface area contributed by atoms with Crippen molar-refractivity contribution < 1.29 is 0 Å². The normalized spacial score (nSPS) is 25.2. The molecule has 4 aliphatic heterocycles. The minimum absolute atomic E-state index is 0.0149. The van der Waals surface area contributed by atoms with Crippen LogP contribution < -0.4 is 14.7 Å². The molecule has 0 aromatic heterocycles. The molecule has 0 amide bonds. The number of aryl methyl sites for hydroxylation is 3. The second kappa shape index (κ2) is 15.3. The summed E-state index contributed by atoms with van der Waals surface area (Å²) < 4.78 is 0. The molecule has 2 aliphatic carbocycles. The van der Waals surface area contributed by atoms with Crippen LogP contribution in [0, 0.1) is 13.8 Å². The van der Waals surface area contributed by atoms with Crippen molar-refractivity contribution in [1.29, 1.82) is 0 Å². The second-order valence-corrected chi connectivity index (χ2v) is 27.7. The van der Waals surface area contributed by atoms with Crippen LogP contribution in [0.4, 0.5) is 39.8 Å². The van der Waals surface area contributed by atoms with E-state index < -0.39 is 0 Å². The molecule has 13 rings (SSSR count). The fourth-order valence-electron chi connectivity index (χ4n) is 16.1. The van der Waals surface area contributed by atoms with Crippen LogP contribution in [0.1, 0.15) is 195 Å². The quantitative estimate of drug-likeness (QED) is 0.175. The van der Waals surface area contributed by atoms with Crippen LogP contribution in [0.5, 0.6) is 0 Å². The molecule has 0 radical (unpaired) electrons. The Labute approximate surface area is 444 Å². The van der Waals surface area contributed by atoms with Crippen molar-refractivity contribution in [2.45, 2.75) is 186 Å². The van der Waals surface area contributed by atoms with Crippen LogP contribution in [0.2, 0.25) is 0 Å². The Bertz CT molecular complexity index is 3520. The minimum Gasteiger partial charge on any atom is -0.334 e. The average Bonchev–Trinajstić information content (AvgIpc) is 3.71.